The van der Waals surface area contributed by atoms with Crippen molar-refractivity contribution in [3.8, 4) is 11.1 Å². The number of halogens is 1. The Kier molecular flexibility index (Phi) is 8.04. The monoisotopic (exact) mass is 388 g/mol. The molecule has 136 valence electrons. The van der Waals surface area contributed by atoms with Crippen molar-refractivity contribution in [3.05, 3.63) is 75.1 Å². The zero-order valence-electron chi connectivity index (χ0n) is 15.0. The average molecular weight is 389 g/mol. The van der Waals surface area contributed by atoms with Gasteiger partial charge in [-0.2, -0.15) is 0 Å². The highest BCUT2D eigenvalue weighted by atomic mass is 32.2. The molecule has 1 heterocycles. The number of hydrogen-bond donors (Lipinski definition) is 0. The summed E-state index contributed by atoms with van der Waals surface area (Å²) in [5, 5.41) is 1.97. The van der Waals surface area contributed by atoms with E-state index in [1.165, 1.54) is 28.4 Å². The van der Waals surface area contributed by atoms with Crippen LogP contribution >= 0.6 is 23.1 Å². The molecule has 2 nitrogen and oxygen atoms in total. The number of ether oxygens (including phenoxy) is 1. The number of hydrogen-bond acceptors (Lipinski definition) is 4. The number of benzene rings is 1. The maximum absolute atomic E-state index is 13.2. The van der Waals surface area contributed by atoms with Gasteiger partial charge in [-0.3, -0.25) is 4.79 Å². The van der Waals surface area contributed by atoms with E-state index in [4.69, 9.17) is 0 Å². The van der Waals surface area contributed by atoms with Crippen LogP contribution in [0.4, 0.5) is 4.39 Å². The molecule has 0 unspecified atom stereocenters. The number of allylic oxidation sites excluding steroid dienone is 5. The van der Waals surface area contributed by atoms with E-state index in [1.54, 1.807) is 38.1 Å². The van der Waals surface area contributed by atoms with Gasteiger partial charge in [0.15, 0.2) is 6.29 Å². The van der Waals surface area contributed by atoms with Gasteiger partial charge in [0, 0.05) is 30.3 Å². The van der Waals surface area contributed by atoms with E-state index in [9.17, 15) is 9.18 Å². The van der Waals surface area contributed by atoms with Gasteiger partial charge in [0.25, 0.3) is 0 Å². The second kappa shape index (κ2) is 10.3. The molecule has 1 aromatic carbocycles. The second-order valence-corrected chi connectivity index (χ2v) is 7.28. The summed E-state index contributed by atoms with van der Waals surface area (Å²) < 4.78 is 17.4. The molecular weight excluding hydrogens is 367 g/mol. The first-order chi connectivity index (χ1) is 12.6. The van der Waals surface area contributed by atoms with Gasteiger partial charge in [0.2, 0.25) is 0 Å². The molecule has 0 bridgehead atoms. The number of methoxy groups -OCH3 is 1. The number of thiophene rings is 1. The van der Waals surface area contributed by atoms with E-state index >= 15 is 0 Å². The molecular formula is C21H21FO2S2. The summed E-state index contributed by atoms with van der Waals surface area (Å²) in [5.41, 5.74) is 3.97. The van der Waals surface area contributed by atoms with Gasteiger partial charge in [-0.15, -0.1) is 23.1 Å². The summed E-state index contributed by atoms with van der Waals surface area (Å²) in [6.07, 6.45) is 12.1. The molecule has 1 aliphatic carbocycles. The minimum atomic E-state index is -0.259. The molecule has 0 radical (unpaired) electrons. The fourth-order valence-electron chi connectivity index (χ4n) is 2.56. The smallest absolute Gasteiger partial charge is 0.160 e. The van der Waals surface area contributed by atoms with Crippen LogP contribution in [-0.2, 0) is 4.74 Å². The van der Waals surface area contributed by atoms with Crippen molar-refractivity contribution in [2.24, 2.45) is 0 Å². The first-order valence-electron chi connectivity index (χ1n) is 7.99. The maximum atomic E-state index is 13.2. The Hall–Kier alpha value is -1.95. The molecule has 2 aromatic rings. The molecule has 1 aliphatic rings. The summed E-state index contributed by atoms with van der Waals surface area (Å²) >= 11 is 3.12. The van der Waals surface area contributed by atoms with Crippen LogP contribution < -0.4 is 0 Å². The van der Waals surface area contributed by atoms with E-state index < -0.39 is 0 Å². The van der Waals surface area contributed by atoms with Crippen LogP contribution in [0.15, 0.2) is 58.9 Å². The van der Waals surface area contributed by atoms with Crippen molar-refractivity contribution in [2.45, 2.75) is 6.42 Å². The molecule has 0 atom stereocenters. The lowest BCUT2D eigenvalue weighted by Gasteiger charge is -2.08. The fraction of sp³-hybridized carbons (Fsp3) is 0.190. The van der Waals surface area contributed by atoms with Gasteiger partial charge in [0.1, 0.15) is 5.82 Å². The third-order valence-electron chi connectivity index (χ3n) is 3.71. The van der Waals surface area contributed by atoms with Crippen LogP contribution in [0.5, 0.6) is 0 Å². The summed E-state index contributed by atoms with van der Waals surface area (Å²) in [6, 6.07) is 6.41. The molecule has 0 saturated heterocycles. The Labute approximate surface area is 162 Å². The number of rotatable bonds is 4. The molecule has 0 N–H and O–H groups in total. The Balaban J connectivity index is 0.000000758. The van der Waals surface area contributed by atoms with Crippen LogP contribution in [-0.4, -0.2) is 26.8 Å². The van der Waals surface area contributed by atoms with Gasteiger partial charge in [-0.05, 0) is 47.4 Å². The van der Waals surface area contributed by atoms with Gasteiger partial charge in [0.05, 0.1) is 4.88 Å². The highest BCUT2D eigenvalue weighted by Gasteiger charge is 2.16. The minimum Gasteiger partial charge on any atom is -0.388 e. The first-order valence-corrected chi connectivity index (χ1v) is 10.1. The molecule has 5 heteroatoms. The van der Waals surface area contributed by atoms with Crippen molar-refractivity contribution in [1.29, 1.82) is 0 Å². The lowest BCUT2D eigenvalue weighted by molar-refractivity contribution is 0.112. The van der Waals surface area contributed by atoms with Crippen LogP contribution in [0, 0.1) is 5.82 Å². The second-order valence-electron chi connectivity index (χ2n) is 5.49. The zero-order valence-corrected chi connectivity index (χ0v) is 16.6. The number of carbonyl (C=O) groups excluding carboxylic acids is 1. The molecule has 1 aromatic heterocycles. The Bertz CT molecular complexity index is 830. The van der Waals surface area contributed by atoms with Gasteiger partial charge in [-0.25, -0.2) is 4.39 Å². The number of thioether (sulfide) groups is 1. The van der Waals surface area contributed by atoms with Crippen molar-refractivity contribution in [3.63, 3.8) is 0 Å². The summed E-state index contributed by atoms with van der Waals surface area (Å²) in [7, 11) is 3.25. The van der Waals surface area contributed by atoms with Crippen LogP contribution in [0.1, 0.15) is 21.7 Å². The molecule has 0 saturated carbocycles. The SMILES string of the molecule is COC.CSC1=CC=C(c2c(-c3ccc(F)cc3)csc2C=O)CC=C1. The predicted octanol–water partition coefficient (Wildman–Crippen LogP) is 6.22. The molecule has 0 spiro atoms. The molecule has 0 aliphatic heterocycles. The van der Waals surface area contributed by atoms with Gasteiger partial charge < -0.3 is 4.74 Å². The lowest BCUT2D eigenvalue weighted by atomic mass is 9.95. The molecule has 0 fully saturated rings. The van der Waals surface area contributed by atoms with Crippen molar-refractivity contribution >= 4 is 35.0 Å². The van der Waals surface area contributed by atoms with E-state index in [2.05, 4.69) is 29.0 Å². The van der Waals surface area contributed by atoms with E-state index in [1.807, 2.05) is 11.6 Å². The Morgan fingerprint density at radius 1 is 1.19 bits per heavy atom. The highest BCUT2D eigenvalue weighted by Crippen LogP contribution is 2.38. The lowest BCUT2D eigenvalue weighted by Crippen LogP contribution is -1.90. The molecule has 26 heavy (non-hydrogen) atoms. The normalized spacial score (nSPS) is 13.2. The summed E-state index contributed by atoms with van der Waals surface area (Å²) in [6.45, 7) is 0. The molecule has 3 rings (SSSR count). The maximum Gasteiger partial charge on any atom is 0.160 e. The fourth-order valence-corrected chi connectivity index (χ4v) is 3.91. The van der Waals surface area contributed by atoms with Crippen LogP contribution in [0.2, 0.25) is 0 Å². The average Bonchev–Trinajstić information content (AvgIpc) is 2.93. The van der Waals surface area contributed by atoms with Crippen molar-refractivity contribution in [2.75, 3.05) is 20.5 Å². The largest absolute Gasteiger partial charge is 0.388 e. The predicted molar refractivity (Wildman–Crippen MR) is 111 cm³/mol. The van der Waals surface area contributed by atoms with Crippen molar-refractivity contribution in [1.82, 2.24) is 0 Å². The van der Waals surface area contributed by atoms with E-state index in [-0.39, 0.29) is 5.82 Å². The van der Waals surface area contributed by atoms with Gasteiger partial charge >= 0.3 is 0 Å². The zero-order chi connectivity index (χ0) is 18.9. The summed E-state index contributed by atoms with van der Waals surface area (Å²) in [5.74, 6) is -0.259. The topological polar surface area (TPSA) is 26.3 Å². The third-order valence-corrected chi connectivity index (χ3v) is 5.36. The quantitative estimate of drug-likeness (QED) is 0.582. The van der Waals surface area contributed by atoms with E-state index in [0.29, 0.717) is 4.88 Å². The minimum absolute atomic E-state index is 0.259. The first kappa shape index (κ1) is 20.4. The molecule has 0 amide bonds. The number of aldehydes is 1. The number of carbonyl (C=O) groups is 1. The van der Waals surface area contributed by atoms with Crippen LogP contribution in [0.25, 0.3) is 16.7 Å². The Morgan fingerprint density at radius 3 is 2.50 bits per heavy atom. The van der Waals surface area contributed by atoms with Crippen LogP contribution in [0.3, 0.4) is 0 Å². The van der Waals surface area contributed by atoms with E-state index in [0.717, 1.165) is 35.0 Å². The summed E-state index contributed by atoms with van der Waals surface area (Å²) in [4.78, 5) is 13.4. The Morgan fingerprint density at radius 2 is 1.88 bits per heavy atom. The van der Waals surface area contributed by atoms with Gasteiger partial charge in [-0.1, -0.05) is 30.4 Å². The third kappa shape index (κ3) is 5.04. The van der Waals surface area contributed by atoms with Crippen molar-refractivity contribution < 1.29 is 13.9 Å². The highest BCUT2D eigenvalue weighted by molar-refractivity contribution is 8.02. The standard InChI is InChI=1S/C19H15FOS2.C2H6O/c1-22-16-4-2-3-14(7-10-16)19-17(12-23-18(19)11-21)13-5-8-15(20)9-6-13;1-3-2/h2,4-12H,3H2,1H3;1-2H3.